The summed E-state index contributed by atoms with van der Waals surface area (Å²) in [6.07, 6.45) is 2.35. The number of nitrogens with zero attached hydrogens (tertiary/aromatic N) is 1. The molecule has 1 N–H and O–H groups in total. The first-order chi connectivity index (χ1) is 11.4. The molecule has 0 spiro atoms. The van der Waals surface area contributed by atoms with Crippen molar-refractivity contribution in [2.24, 2.45) is 11.8 Å². The van der Waals surface area contributed by atoms with Crippen LogP contribution in [0.2, 0.25) is 0 Å². The largest absolute Gasteiger partial charge is 0.479 e. The Hall–Kier alpha value is -1.24. The molecular formula is C17H25F2NO4. The van der Waals surface area contributed by atoms with Gasteiger partial charge < -0.3 is 14.7 Å². The molecule has 5 nitrogen and oxygen atoms in total. The van der Waals surface area contributed by atoms with Gasteiger partial charge in [-0.2, -0.15) is 0 Å². The molecule has 1 saturated carbocycles. The van der Waals surface area contributed by atoms with Crippen LogP contribution in [-0.4, -0.2) is 53.1 Å². The minimum atomic E-state index is -2.61. The molecule has 24 heavy (non-hydrogen) atoms. The Morgan fingerprint density at radius 3 is 2.17 bits per heavy atom. The second-order valence-corrected chi connectivity index (χ2v) is 7.37. The lowest BCUT2D eigenvalue weighted by molar-refractivity contribution is -0.151. The summed E-state index contributed by atoms with van der Waals surface area (Å²) in [6.45, 7) is 1.24. The standard InChI is InChI=1S/C17H25F2NO4/c18-17(19)7-3-12(4-8-17)15(21)20-9-5-11(6-10-20)13-1-2-14(24-13)16(22)23/h11-14H,1-10H2,(H,22,23)/t13-,14+/m0/s1. The van der Waals surface area contributed by atoms with Crippen molar-refractivity contribution in [3.8, 4) is 0 Å². The van der Waals surface area contributed by atoms with Gasteiger partial charge in [-0.15, -0.1) is 0 Å². The number of amides is 1. The van der Waals surface area contributed by atoms with Crippen molar-refractivity contribution >= 4 is 11.9 Å². The van der Waals surface area contributed by atoms with Gasteiger partial charge in [0.2, 0.25) is 11.8 Å². The van der Waals surface area contributed by atoms with Crippen LogP contribution in [-0.2, 0) is 14.3 Å². The molecule has 0 unspecified atom stereocenters. The summed E-state index contributed by atoms with van der Waals surface area (Å²) in [4.78, 5) is 25.3. The second kappa shape index (κ2) is 6.94. The second-order valence-electron chi connectivity index (χ2n) is 7.37. The Balaban J connectivity index is 1.45. The zero-order chi connectivity index (χ0) is 17.3. The molecular weight excluding hydrogens is 320 g/mol. The van der Waals surface area contributed by atoms with E-state index in [4.69, 9.17) is 9.84 Å². The molecule has 2 aliphatic heterocycles. The highest BCUT2D eigenvalue weighted by molar-refractivity contribution is 5.79. The van der Waals surface area contributed by atoms with E-state index in [2.05, 4.69) is 0 Å². The number of aliphatic carboxylic acids is 1. The maximum absolute atomic E-state index is 13.2. The predicted octanol–water partition coefficient (Wildman–Crippen LogP) is 2.68. The quantitative estimate of drug-likeness (QED) is 0.854. The van der Waals surface area contributed by atoms with E-state index in [0.29, 0.717) is 19.5 Å². The van der Waals surface area contributed by atoms with Crippen LogP contribution >= 0.6 is 0 Å². The van der Waals surface area contributed by atoms with Gasteiger partial charge in [0.15, 0.2) is 6.10 Å². The molecule has 0 radical (unpaired) electrons. The summed E-state index contributed by atoms with van der Waals surface area (Å²) in [5, 5.41) is 8.99. The molecule has 0 aromatic carbocycles. The summed E-state index contributed by atoms with van der Waals surface area (Å²) < 4.78 is 32.0. The fourth-order valence-corrected chi connectivity index (χ4v) is 4.23. The van der Waals surface area contributed by atoms with E-state index in [1.54, 1.807) is 4.90 Å². The van der Waals surface area contributed by atoms with Gasteiger partial charge >= 0.3 is 5.97 Å². The molecule has 3 fully saturated rings. The summed E-state index contributed by atoms with van der Waals surface area (Å²) in [6, 6.07) is 0. The molecule has 2 heterocycles. The Labute approximate surface area is 140 Å². The van der Waals surface area contributed by atoms with Crippen LogP contribution < -0.4 is 0 Å². The third-order valence-electron chi connectivity index (χ3n) is 5.77. The van der Waals surface area contributed by atoms with Crippen LogP contribution in [0.25, 0.3) is 0 Å². The lowest BCUT2D eigenvalue weighted by Gasteiger charge is -2.37. The van der Waals surface area contributed by atoms with E-state index in [1.165, 1.54) is 0 Å². The van der Waals surface area contributed by atoms with Crippen molar-refractivity contribution in [1.82, 2.24) is 4.90 Å². The number of halogens is 2. The van der Waals surface area contributed by atoms with Crippen molar-refractivity contribution in [3.63, 3.8) is 0 Å². The molecule has 7 heteroatoms. The number of carboxylic acids is 1. The number of carboxylic acid groups (broad SMARTS) is 1. The first-order valence-electron chi connectivity index (χ1n) is 8.90. The SMILES string of the molecule is O=C(O)[C@H]1CC[C@@H](C2CCN(C(=O)C3CCC(F)(F)CC3)CC2)O1. The van der Waals surface area contributed by atoms with E-state index >= 15 is 0 Å². The molecule has 3 aliphatic rings. The molecule has 136 valence electrons. The van der Waals surface area contributed by atoms with Crippen LogP contribution in [0.15, 0.2) is 0 Å². The van der Waals surface area contributed by atoms with E-state index in [1.807, 2.05) is 0 Å². The van der Waals surface area contributed by atoms with Crippen molar-refractivity contribution < 1.29 is 28.2 Å². The summed E-state index contributed by atoms with van der Waals surface area (Å²) in [5.41, 5.74) is 0. The first-order valence-corrected chi connectivity index (χ1v) is 8.90. The Bertz CT molecular complexity index is 481. The van der Waals surface area contributed by atoms with E-state index in [0.717, 1.165) is 19.3 Å². The minimum Gasteiger partial charge on any atom is -0.479 e. The molecule has 0 aromatic rings. The van der Waals surface area contributed by atoms with Crippen molar-refractivity contribution in [2.75, 3.05) is 13.1 Å². The molecule has 2 saturated heterocycles. The summed E-state index contributed by atoms with van der Waals surface area (Å²) >= 11 is 0. The van der Waals surface area contributed by atoms with Gasteiger partial charge in [0.25, 0.3) is 0 Å². The summed E-state index contributed by atoms with van der Waals surface area (Å²) in [5.74, 6) is -3.47. The van der Waals surface area contributed by atoms with Gasteiger partial charge in [-0.05, 0) is 44.4 Å². The Morgan fingerprint density at radius 1 is 1.00 bits per heavy atom. The highest BCUT2D eigenvalue weighted by atomic mass is 19.3. The maximum Gasteiger partial charge on any atom is 0.332 e. The third kappa shape index (κ3) is 3.87. The first kappa shape index (κ1) is 17.6. The number of likely N-dealkylation sites (tertiary alicyclic amines) is 1. The third-order valence-corrected chi connectivity index (χ3v) is 5.77. The monoisotopic (exact) mass is 345 g/mol. The van der Waals surface area contributed by atoms with Gasteiger partial charge in [-0.1, -0.05) is 0 Å². The number of ether oxygens (including phenoxy) is 1. The topological polar surface area (TPSA) is 66.8 Å². The highest BCUT2D eigenvalue weighted by Crippen LogP contribution is 2.38. The molecule has 0 aromatic heterocycles. The fourth-order valence-electron chi connectivity index (χ4n) is 4.23. The number of alkyl halides is 2. The normalized spacial score (nSPS) is 32.0. The minimum absolute atomic E-state index is 0.0136. The van der Waals surface area contributed by atoms with E-state index < -0.39 is 18.0 Å². The van der Waals surface area contributed by atoms with Crippen LogP contribution in [0.3, 0.4) is 0 Å². The molecule has 1 aliphatic carbocycles. The number of carbonyl (C=O) groups excluding carboxylic acids is 1. The molecule has 2 atom stereocenters. The molecule has 1 amide bonds. The smallest absolute Gasteiger partial charge is 0.332 e. The van der Waals surface area contributed by atoms with Crippen molar-refractivity contribution in [1.29, 1.82) is 0 Å². The number of hydrogen-bond donors (Lipinski definition) is 1. The van der Waals surface area contributed by atoms with Crippen molar-refractivity contribution in [2.45, 2.75) is 69.5 Å². The zero-order valence-corrected chi connectivity index (χ0v) is 13.8. The summed E-state index contributed by atoms with van der Waals surface area (Å²) in [7, 11) is 0. The van der Waals surface area contributed by atoms with Crippen LogP contribution in [0, 0.1) is 11.8 Å². The lowest BCUT2D eigenvalue weighted by atomic mass is 9.84. The maximum atomic E-state index is 13.2. The average molecular weight is 345 g/mol. The van der Waals surface area contributed by atoms with Crippen molar-refractivity contribution in [3.05, 3.63) is 0 Å². The van der Waals surface area contributed by atoms with E-state index in [9.17, 15) is 18.4 Å². The van der Waals surface area contributed by atoms with Crippen LogP contribution in [0.4, 0.5) is 8.78 Å². The van der Waals surface area contributed by atoms with Gasteiger partial charge in [0.05, 0.1) is 6.10 Å². The predicted molar refractivity (Wildman–Crippen MR) is 81.7 cm³/mol. The fraction of sp³-hybridized carbons (Fsp3) is 0.882. The Morgan fingerprint density at radius 2 is 1.62 bits per heavy atom. The molecule has 3 rings (SSSR count). The van der Waals surface area contributed by atoms with Gasteiger partial charge in [-0.3, -0.25) is 4.79 Å². The van der Waals surface area contributed by atoms with Crippen LogP contribution in [0.5, 0.6) is 0 Å². The van der Waals surface area contributed by atoms with Gasteiger partial charge in [0.1, 0.15) is 0 Å². The number of hydrogen-bond acceptors (Lipinski definition) is 3. The average Bonchev–Trinajstić information content (AvgIpc) is 3.05. The highest BCUT2D eigenvalue weighted by Gasteiger charge is 2.41. The number of piperidine rings is 1. The number of rotatable bonds is 3. The zero-order valence-electron chi connectivity index (χ0n) is 13.8. The Kier molecular flexibility index (Phi) is 5.08. The van der Waals surface area contributed by atoms with Crippen LogP contribution in [0.1, 0.15) is 51.4 Å². The van der Waals surface area contributed by atoms with Gasteiger partial charge in [0, 0.05) is 31.8 Å². The lowest BCUT2D eigenvalue weighted by Crippen LogP contribution is -2.45. The molecule has 0 bridgehead atoms. The number of carbonyl (C=O) groups is 2. The van der Waals surface area contributed by atoms with Gasteiger partial charge in [-0.25, -0.2) is 13.6 Å². The van der Waals surface area contributed by atoms with E-state index in [-0.39, 0.29) is 49.5 Å².